The summed E-state index contributed by atoms with van der Waals surface area (Å²) < 4.78 is 27.0. The first-order valence-corrected chi connectivity index (χ1v) is 13.1. The minimum Gasteiger partial charge on any atom is -0.348 e. The van der Waals surface area contributed by atoms with E-state index >= 15 is 0 Å². The Bertz CT molecular complexity index is 1370. The number of aromatic nitrogens is 2. The van der Waals surface area contributed by atoms with Crippen LogP contribution in [0.25, 0.3) is 0 Å². The number of nitrogens with zero attached hydrogens (tertiary/aromatic N) is 2. The lowest BCUT2D eigenvalue weighted by Gasteiger charge is -2.23. The normalized spacial score (nSPS) is 14.5. The third-order valence-corrected chi connectivity index (χ3v) is 8.04. The number of nitrogens with one attached hydrogen (secondary N) is 3. The molecule has 184 valence electrons. The largest absolute Gasteiger partial charge is 0.348 e. The Balaban J connectivity index is 1.73. The van der Waals surface area contributed by atoms with Crippen molar-refractivity contribution in [1.82, 2.24) is 19.8 Å². The maximum absolute atomic E-state index is 13.2. The molecule has 2 aromatic carbocycles. The van der Waals surface area contributed by atoms with Crippen molar-refractivity contribution in [3.05, 3.63) is 75.0 Å². The van der Waals surface area contributed by atoms with Crippen LogP contribution in [0.2, 0.25) is 15.1 Å². The van der Waals surface area contributed by atoms with E-state index in [0.29, 0.717) is 16.9 Å². The Kier molecular flexibility index (Phi) is 7.67. The van der Waals surface area contributed by atoms with Gasteiger partial charge in [-0.2, -0.15) is 17.6 Å². The zero-order chi connectivity index (χ0) is 25.2. The quantitative estimate of drug-likeness (QED) is 0.424. The number of halogens is 3. The summed E-state index contributed by atoms with van der Waals surface area (Å²) in [6.07, 6.45) is 2.43. The molecule has 9 nitrogen and oxygen atoms in total. The molecule has 0 aliphatic carbocycles. The standard InChI is InChI=1S/C22H20Cl3N5O4S/c23-14-4-1-2-7-18(14)35(33,34)30-12-17(28-21(31)19-15(24)5-3-6-16(19)25)20(29-30)22(32)27-13-8-10-26-11-9-13/h1-7,12-13,26H,8-11H2,(H,27,32)(H,28,31). The summed E-state index contributed by atoms with van der Waals surface area (Å²) in [5.41, 5.74) is -0.439. The van der Waals surface area contributed by atoms with E-state index in [-0.39, 0.29) is 42.9 Å². The maximum atomic E-state index is 13.2. The summed E-state index contributed by atoms with van der Waals surface area (Å²) in [5.74, 6) is -1.36. The molecular weight excluding hydrogens is 537 g/mol. The lowest BCUT2D eigenvalue weighted by atomic mass is 10.1. The summed E-state index contributed by atoms with van der Waals surface area (Å²) in [4.78, 5) is 25.9. The van der Waals surface area contributed by atoms with Crippen LogP contribution in [-0.4, -0.2) is 48.5 Å². The van der Waals surface area contributed by atoms with Crippen LogP contribution in [0.1, 0.15) is 33.7 Å². The zero-order valence-corrected chi connectivity index (χ0v) is 21.2. The second-order valence-electron chi connectivity index (χ2n) is 7.75. The van der Waals surface area contributed by atoms with Gasteiger partial charge in [0.2, 0.25) is 0 Å². The van der Waals surface area contributed by atoms with E-state index in [2.05, 4.69) is 21.0 Å². The molecule has 1 fully saturated rings. The van der Waals surface area contributed by atoms with Crippen LogP contribution in [0.15, 0.2) is 53.6 Å². The van der Waals surface area contributed by atoms with Crippen molar-refractivity contribution >= 4 is 62.3 Å². The first-order valence-electron chi connectivity index (χ1n) is 10.5. The van der Waals surface area contributed by atoms with Gasteiger partial charge in [0.05, 0.1) is 32.5 Å². The molecule has 0 spiro atoms. The predicted molar refractivity (Wildman–Crippen MR) is 134 cm³/mol. The highest BCUT2D eigenvalue weighted by Gasteiger charge is 2.28. The molecule has 0 saturated carbocycles. The molecule has 3 aromatic rings. The van der Waals surface area contributed by atoms with Gasteiger partial charge in [-0.15, -0.1) is 0 Å². The van der Waals surface area contributed by atoms with Gasteiger partial charge in [0.1, 0.15) is 4.90 Å². The summed E-state index contributed by atoms with van der Waals surface area (Å²) in [7, 11) is -4.27. The zero-order valence-electron chi connectivity index (χ0n) is 18.1. The van der Waals surface area contributed by atoms with Gasteiger partial charge in [0, 0.05) is 6.04 Å². The number of amides is 2. The third kappa shape index (κ3) is 5.46. The van der Waals surface area contributed by atoms with Crippen molar-refractivity contribution in [1.29, 1.82) is 0 Å². The lowest BCUT2D eigenvalue weighted by molar-refractivity contribution is 0.0925. The smallest absolute Gasteiger partial charge is 0.284 e. The molecule has 1 aliphatic heterocycles. The molecule has 4 rings (SSSR count). The molecule has 0 unspecified atom stereocenters. The van der Waals surface area contributed by atoms with Gasteiger partial charge in [-0.1, -0.05) is 53.0 Å². The first kappa shape index (κ1) is 25.5. The molecule has 2 amide bonds. The Morgan fingerprint density at radius 1 is 0.943 bits per heavy atom. The Hall–Kier alpha value is -2.63. The van der Waals surface area contributed by atoms with Gasteiger partial charge in [-0.3, -0.25) is 9.59 Å². The fourth-order valence-corrected chi connectivity index (χ4v) is 5.81. The molecule has 0 atom stereocenters. The van der Waals surface area contributed by atoms with E-state index in [0.717, 1.165) is 19.3 Å². The van der Waals surface area contributed by atoms with Crippen molar-refractivity contribution in [3.8, 4) is 0 Å². The van der Waals surface area contributed by atoms with Gasteiger partial charge in [-0.25, -0.2) is 0 Å². The van der Waals surface area contributed by atoms with E-state index in [9.17, 15) is 18.0 Å². The summed E-state index contributed by atoms with van der Waals surface area (Å²) in [6.45, 7) is 1.46. The summed E-state index contributed by atoms with van der Waals surface area (Å²) >= 11 is 18.4. The minimum atomic E-state index is -4.27. The van der Waals surface area contributed by atoms with Gasteiger partial charge in [0.25, 0.3) is 21.8 Å². The average Bonchev–Trinajstić information content (AvgIpc) is 3.24. The number of rotatable bonds is 6. The monoisotopic (exact) mass is 555 g/mol. The minimum absolute atomic E-state index is 0.0165. The molecule has 0 radical (unpaired) electrons. The van der Waals surface area contributed by atoms with E-state index in [1.165, 1.54) is 30.3 Å². The highest BCUT2D eigenvalue weighted by Crippen LogP contribution is 2.28. The van der Waals surface area contributed by atoms with Crippen LogP contribution >= 0.6 is 34.8 Å². The van der Waals surface area contributed by atoms with Gasteiger partial charge < -0.3 is 16.0 Å². The highest BCUT2D eigenvalue weighted by molar-refractivity contribution is 7.90. The number of hydrogen-bond acceptors (Lipinski definition) is 6. The Morgan fingerprint density at radius 2 is 1.57 bits per heavy atom. The molecule has 0 bridgehead atoms. The number of carbonyl (C=O) groups excluding carboxylic acids is 2. The topological polar surface area (TPSA) is 122 Å². The van der Waals surface area contributed by atoms with Crippen molar-refractivity contribution in [2.75, 3.05) is 18.4 Å². The summed E-state index contributed by atoms with van der Waals surface area (Å²) in [6, 6.07) is 10.2. The van der Waals surface area contributed by atoms with Gasteiger partial charge in [0.15, 0.2) is 5.69 Å². The molecule has 13 heteroatoms. The van der Waals surface area contributed by atoms with Crippen molar-refractivity contribution in [2.24, 2.45) is 0 Å². The van der Waals surface area contributed by atoms with Crippen molar-refractivity contribution < 1.29 is 18.0 Å². The molecule has 1 saturated heterocycles. The molecule has 1 aromatic heterocycles. The maximum Gasteiger partial charge on any atom is 0.284 e. The lowest BCUT2D eigenvalue weighted by Crippen LogP contribution is -2.43. The van der Waals surface area contributed by atoms with Crippen molar-refractivity contribution in [3.63, 3.8) is 0 Å². The SMILES string of the molecule is O=C(NC1CCNCC1)c1nn(S(=O)(=O)c2ccccc2Cl)cc1NC(=O)c1c(Cl)cccc1Cl. The Labute approximate surface area is 216 Å². The van der Waals surface area contributed by atoms with Crippen LogP contribution < -0.4 is 16.0 Å². The number of carbonyl (C=O) groups is 2. The third-order valence-electron chi connectivity index (χ3n) is 5.38. The van der Waals surface area contributed by atoms with E-state index in [1.807, 2.05) is 0 Å². The summed E-state index contributed by atoms with van der Waals surface area (Å²) in [5, 5.41) is 12.7. The van der Waals surface area contributed by atoms with Crippen LogP contribution in [-0.2, 0) is 10.0 Å². The fourth-order valence-electron chi connectivity index (χ4n) is 3.61. The van der Waals surface area contributed by atoms with Crippen LogP contribution in [0, 0.1) is 0 Å². The molecule has 2 heterocycles. The van der Waals surface area contributed by atoms with Crippen LogP contribution in [0.3, 0.4) is 0 Å². The molecule has 35 heavy (non-hydrogen) atoms. The average molecular weight is 557 g/mol. The van der Waals surface area contributed by atoms with E-state index in [1.54, 1.807) is 12.1 Å². The second kappa shape index (κ2) is 10.5. The highest BCUT2D eigenvalue weighted by atomic mass is 35.5. The van der Waals surface area contributed by atoms with E-state index in [4.69, 9.17) is 34.8 Å². The Morgan fingerprint density at radius 3 is 2.23 bits per heavy atom. The van der Waals surface area contributed by atoms with Gasteiger partial charge in [-0.05, 0) is 50.2 Å². The fraction of sp³-hybridized carbons (Fsp3) is 0.227. The predicted octanol–water partition coefficient (Wildman–Crippen LogP) is 3.81. The van der Waals surface area contributed by atoms with E-state index < -0.39 is 21.8 Å². The van der Waals surface area contributed by atoms with Gasteiger partial charge >= 0.3 is 0 Å². The van der Waals surface area contributed by atoms with Crippen LogP contribution in [0.4, 0.5) is 5.69 Å². The van der Waals surface area contributed by atoms with Crippen molar-refractivity contribution in [2.45, 2.75) is 23.8 Å². The first-order chi connectivity index (χ1) is 16.7. The number of anilines is 1. The second-order valence-corrected chi connectivity index (χ2v) is 10.7. The van der Waals surface area contributed by atoms with Crippen LogP contribution in [0.5, 0.6) is 0 Å². The number of piperidine rings is 1. The molecular formula is C22H20Cl3N5O4S. The number of benzene rings is 2. The molecule has 1 aliphatic rings. The number of hydrogen-bond donors (Lipinski definition) is 3. The molecule has 3 N–H and O–H groups in total.